The van der Waals surface area contributed by atoms with Gasteiger partial charge in [-0.25, -0.2) is 4.98 Å². The average molecular weight is 347 g/mol. The molecule has 0 fully saturated rings. The van der Waals surface area contributed by atoms with Crippen molar-refractivity contribution >= 4 is 23.2 Å². The SMILES string of the molecule is CN(Cc1ncc(-c2ccc(Cl)cc2)o1)Cc1ccccc1Cl. The lowest BCUT2D eigenvalue weighted by molar-refractivity contribution is 0.283. The molecule has 0 amide bonds. The minimum Gasteiger partial charge on any atom is -0.439 e. The van der Waals surface area contributed by atoms with Gasteiger partial charge in [0.25, 0.3) is 0 Å². The molecule has 0 radical (unpaired) electrons. The molecule has 23 heavy (non-hydrogen) atoms. The molecule has 0 saturated heterocycles. The quantitative estimate of drug-likeness (QED) is 0.629. The Hall–Kier alpha value is -1.81. The lowest BCUT2D eigenvalue weighted by Crippen LogP contribution is -2.17. The molecule has 0 N–H and O–H groups in total. The van der Waals surface area contributed by atoms with E-state index in [-0.39, 0.29) is 0 Å². The summed E-state index contributed by atoms with van der Waals surface area (Å²) in [6.45, 7) is 1.34. The van der Waals surface area contributed by atoms with Crippen molar-refractivity contribution in [3.05, 3.63) is 76.2 Å². The molecule has 1 heterocycles. The van der Waals surface area contributed by atoms with E-state index < -0.39 is 0 Å². The Labute approximate surface area is 145 Å². The van der Waals surface area contributed by atoms with Crippen molar-refractivity contribution < 1.29 is 4.42 Å². The van der Waals surface area contributed by atoms with Crippen LogP contribution in [-0.2, 0) is 13.1 Å². The van der Waals surface area contributed by atoms with Gasteiger partial charge in [-0.3, -0.25) is 4.90 Å². The summed E-state index contributed by atoms with van der Waals surface area (Å²) in [5.74, 6) is 1.41. The van der Waals surface area contributed by atoms with Crippen LogP contribution in [0.25, 0.3) is 11.3 Å². The molecule has 0 aliphatic rings. The van der Waals surface area contributed by atoms with Crippen LogP contribution in [0, 0.1) is 0 Å². The number of halogens is 2. The molecule has 5 heteroatoms. The smallest absolute Gasteiger partial charge is 0.209 e. The van der Waals surface area contributed by atoms with Gasteiger partial charge in [0, 0.05) is 22.2 Å². The zero-order valence-corrected chi connectivity index (χ0v) is 14.2. The van der Waals surface area contributed by atoms with Crippen molar-refractivity contribution in [2.24, 2.45) is 0 Å². The van der Waals surface area contributed by atoms with Crippen LogP contribution in [0.3, 0.4) is 0 Å². The Kier molecular flexibility index (Phi) is 5.01. The highest BCUT2D eigenvalue weighted by Crippen LogP contribution is 2.23. The van der Waals surface area contributed by atoms with Crippen molar-refractivity contribution in [2.45, 2.75) is 13.1 Å². The first kappa shape index (κ1) is 16.1. The van der Waals surface area contributed by atoms with Crippen LogP contribution >= 0.6 is 23.2 Å². The first-order valence-electron chi connectivity index (χ1n) is 7.24. The number of oxazole rings is 1. The van der Waals surface area contributed by atoms with Gasteiger partial charge in [-0.2, -0.15) is 0 Å². The van der Waals surface area contributed by atoms with Crippen molar-refractivity contribution in [1.29, 1.82) is 0 Å². The molecule has 0 aliphatic heterocycles. The van der Waals surface area contributed by atoms with E-state index in [0.717, 1.165) is 28.5 Å². The van der Waals surface area contributed by atoms with Crippen LogP contribution in [0.2, 0.25) is 10.0 Å². The molecular formula is C18H16Cl2N2O. The van der Waals surface area contributed by atoms with Gasteiger partial charge < -0.3 is 4.42 Å². The highest BCUT2D eigenvalue weighted by atomic mass is 35.5. The second-order valence-electron chi connectivity index (χ2n) is 5.39. The number of hydrogen-bond acceptors (Lipinski definition) is 3. The van der Waals surface area contributed by atoms with Gasteiger partial charge in [-0.1, -0.05) is 41.4 Å². The lowest BCUT2D eigenvalue weighted by Gasteiger charge is -2.15. The highest BCUT2D eigenvalue weighted by Gasteiger charge is 2.10. The third-order valence-corrected chi connectivity index (χ3v) is 4.11. The normalized spacial score (nSPS) is 11.1. The zero-order valence-electron chi connectivity index (χ0n) is 12.7. The molecule has 118 valence electrons. The van der Waals surface area contributed by atoms with Gasteiger partial charge in [-0.15, -0.1) is 0 Å². The summed E-state index contributed by atoms with van der Waals surface area (Å²) in [7, 11) is 2.01. The molecule has 0 spiro atoms. The molecule has 1 aromatic heterocycles. The van der Waals surface area contributed by atoms with Gasteiger partial charge in [0.15, 0.2) is 5.76 Å². The third-order valence-electron chi connectivity index (χ3n) is 3.49. The largest absolute Gasteiger partial charge is 0.439 e. The van der Waals surface area contributed by atoms with Gasteiger partial charge >= 0.3 is 0 Å². The van der Waals surface area contributed by atoms with Crippen molar-refractivity contribution in [3.8, 4) is 11.3 Å². The molecule has 3 aromatic rings. The van der Waals surface area contributed by atoms with Gasteiger partial charge in [-0.05, 0) is 42.9 Å². The fourth-order valence-corrected chi connectivity index (χ4v) is 2.66. The fourth-order valence-electron chi connectivity index (χ4n) is 2.34. The molecule has 0 aliphatic carbocycles. The predicted octanol–water partition coefficient (Wildman–Crippen LogP) is 5.28. The number of aromatic nitrogens is 1. The summed E-state index contributed by atoms with van der Waals surface area (Å²) >= 11 is 12.1. The minimum absolute atomic E-state index is 0.610. The number of rotatable bonds is 5. The molecule has 3 nitrogen and oxygen atoms in total. The van der Waals surface area contributed by atoms with E-state index in [2.05, 4.69) is 9.88 Å². The molecule has 0 saturated carbocycles. The topological polar surface area (TPSA) is 29.3 Å². The van der Waals surface area contributed by atoms with E-state index >= 15 is 0 Å². The van der Waals surface area contributed by atoms with Gasteiger partial charge in [0.2, 0.25) is 5.89 Å². The summed E-state index contributed by atoms with van der Waals surface area (Å²) in [5, 5.41) is 1.47. The van der Waals surface area contributed by atoms with Crippen LogP contribution in [0.5, 0.6) is 0 Å². The van der Waals surface area contributed by atoms with E-state index in [4.69, 9.17) is 27.6 Å². The maximum atomic E-state index is 6.19. The van der Waals surface area contributed by atoms with Crippen molar-refractivity contribution in [2.75, 3.05) is 7.05 Å². The summed E-state index contributed by atoms with van der Waals surface area (Å²) in [5.41, 5.74) is 2.04. The Bertz CT molecular complexity index is 784. The summed E-state index contributed by atoms with van der Waals surface area (Å²) in [6, 6.07) is 15.3. The van der Waals surface area contributed by atoms with Crippen LogP contribution in [0.1, 0.15) is 11.5 Å². The van der Waals surface area contributed by atoms with E-state index in [0.29, 0.717) is 17.5 Å². The number of hydrogen-bond donors (Lipinski definition) is 0. The third kappa shape index (κ3) is 4.14. The molecule has 0 unspecified atom stereocenters. The summed E-state index contributed by atoms with van der Waals surface area (Å²) in [6.07, 6.45) is 1.74. The van der Waals surface area contributed by atoms with E-state index in [1.54, 1.807) is 6.20 Å². The zero-order chi connectivity index (χ0) is 16.2. The molecule has 0 bridgehead atoms. The lowest BCUT2D eigenvalue weighted by atomic mass is 10.2. The highest BCUT2D eigenvalue weighted by molar-refractivity contribution is 6.31. The molecule has 3 rings (SSSR count). The molecule has 2 aromatic carbocycles. The van der Waals surface area contributed by atoms with E-state index in [9.17, 15) is 0 Å². The first-order chi connectivity index (χ1) is 11.1. The first-order valence-corrected chi connectivity index (χ1v) is 8.00. The maximum Gasteiger partial charge on any atom is 0.209 e. The van der Waals surface area contributed by atoms with Gasteiger partial charge in [0.1, 0.15) is 0 Å². The average Bonchev–Trinajstić information content (AvgIpc) is 2.98. The van der Waals surface area contributed by atoms with Crippen LogP contribution in [-0.4, -0.2) is 16.9 Å². The van der Waals surface area contributed by atoms with E-state index in [1.807, 2.05) is 55.6 Å². The number of nitrogens with zero attached hydrogens (tertiary/aromatic N) is 2. The van der Waals surface area contributed by atoms with Gasteiger partial charge in [0.05, 0.1) is 12.7 Å². The second kappa shape index (κ2) is 7.18. The Morgan fingerprint density at radius 2 is 1.74 bits per heavy atom. The van der Waals surface area contributed by atoms with Crippen LogP contribution in [0.15, 0.2) is 59.1 Å². The summed E-state index contributed by atoms with van der Waals surface area (Å²) in [4.78, 5) is 6.45. The van der Waals surface area contributed by atoms with Crippen LogP contribution < -0.4 is 0 Å². The summed E-state index contributed by atoms with van der Waals surface area (Å²) < 4.78 is 5.82. The monoisotopic (exact) mass is 346 g/mol. The second-order valence-corrected chi connectivity index (χ2v) is 6.23. The maximum absolute atomic E-state index is 6.19. The van der Waals surface area contributed by atoms with E-state index in [1.165, 1.54) is 0 Å². The Morgan fingerprint density at radius 1 is 1.00 bits per heavy atom. The standard InChI is InChI=1S/C18H16Cl2N2O/c1-22(11-14-4-2-3-5-16(14)20)12-18-21-10-17(23-18)13-6-8-15(19)9-7-13/h2-10H,11-12H2,1H3. The molecule has 0 atom stereocenters. The molecular weight excluding hydrogens is 331 g/mol. The number of benzene rings is 2. The van der Waals surface area contributed by atoms with Crippen LogP contribution in [0.4, 0.5) is 0 Å². The van der Waals surface area contributed by atoms with Crippen molar-refractivity contribution in [1.82, 2.24) is 9.88 Å². The fraction of sp³-hybridized carbons (Fsp3) is 0.167. The minimum atomic E-state index is 0.610. The van der Waals surface area contributed by atoms with Crippen molar-refractivity contribution in [3.63, 3.8) is 0 Å². The predicted molar refractivity (Wildman–Crippen MR) is 93.6 cm³/mol. The Balaban J connectivity index is 1.67. The Morgan fingerprint density at radius 3 is 2.48 bits per heavy atom.